The zero-order chi connectivity index (χ0) is 12.0. The minimum absolute atomic E-state index is 0.347. The van der Waals surface area contributed by atoms with Gasteiger partial charge in [-0.3, -0.25) is 0 Å². The Balaban J connectivity index is 2.61. The molecule has 0 spiro atoms. The van der Waals surface area contributed by atoms with Gasteiger partial charge in [0.25, 0.3) is 0 Å². The monoisotopic (exact) mass is 231 g/mol. The number of nitrogens with one attached hydrogen (secondary N) is 1. The lowest BCUT2D eigenvalue weighted by Gasteiger charge is -2.08. The molecule has 0 bridgehead atoms. The molecule has 1 aromatic rings. The van der Waals surface area contributed by atoms with Crippen molar-refractivity contribution in [1.29, 1.82) is 0 Å². The second-order valence-corrected chi connectivity index (χ2v) is 3.26. The van der Waals surface area contributed by atoms with E-state index in [4.69, 9.17) is 4.74 Å². The van der Waals surface area contributed by atoms with Gasteiger partial charge < -0.3 is 14.8 Å². The SMILES string of the molecule is COCCNCc1cc(F)c(OC)c(F)c1. The van der Waals surface area contributed by atoms with E-state index in [0.29, 0.717) is 25.3 Å². The molecule has 0 saturated carbocycles. The molecule has 0 aliphatic rings. The third kappa shape index (κ3) is 3.43. The normalized spacial score (nSPS) is 10.5. The molecular formula is C11H15F2NO2. The zero-order valence-corrected chi connectivity index (χ0v) is 9.35. The van der Waals surface area contributed by atoms with Gasteiger partial charge in [-0.05, 0) is 17.7 Å². The molecule has 16 heavy (non-hydrogen) atoms. The average molecular weight is 231 g/mol. The number of hydrogen-bond donors (Lipinski definition) is 1. The van der Waals surface area contributed by atoms with Crippen LogP contribution in [-0.2, 0) is 11.3 Å². The van der Waals surface area contributed by atoms with Crippen LogP contribution in [0.15, 0.2) is 12.1 Å². The van der Waals surface area contributed by atoms with Gasteiger partial charge in [0.1, 0.15) is 0 Å². The maximum absolute atomic E-state index is 13.3. The van der Waals surface area contributed by atoms with Crippen LogP contribution in [0.1, 0.15) is 5.56 Å². The van der Waals surface area contributed by atoms with E-state index >= 15 is 0 Å². The van der Waals surface area contributed by atoms with Crippen LogP contribution in [0.2, 0.25) is 0 Å². The van der Waals surface area contributed by atoms with Crippen molar-refractivity contribution in [3.8, 4) is 5.75 Å². The molecule has 0 atom stereocenters. The van der Waals surface area contributed by atoms with E-state index < -0.39 is 11.6 Å². The van der Waals surface area contributed by atoms with E-state index in [1.807, 2.05) is 0 Å². The summed E-state index contributed by atoms with van der Waals surface area (Å²) >= 11 is 0. The van der Waals surface area contributed by atoms with E-state index in [2.05, 4.69) is 10.1 Å². The fourth-order valence-corrected chi connectivity index (χ4v) is 1.32. The Bertz CT molecular complexity index is 322. The summed E-state index contributed by atoms with van der Waals surface area (Å²) < 4.78 is 36.0. The third-order valence-electron chi connectivity index (χ3n) is 2.07. The molecule has 1 aromatic carbocycles. The number of methoxy groups -OCH3 is 2. The highest BCUT2D eigenvalue weighted by atomic mass is 19.1. The van der Waals surface area contributed by atoms with E-state index in [-0.39, 0.29) is 5.75 Å². The van der Waals surface area contributed by atoms with Gasteiger partial charge in [0, 0.05) is 20.2 Å². The third-order valence-corrected chi connectivity index (χ3v) is 2.07. The first kappa shape index (κ1) is 12.9. The lowest BCUT2D eigenvalue weighted by Crippen LogP contribution is -2.18. The van der Waals surface area contributed by atoms with Gasteiger partial charge >= 0.3 is 0 Å². The van der Waals surface area contributed by atoms with Crippen molar-refractivity contribution in [2.45, 2.75) is 6.54 Å². The molecule has 0 aromatic heterocycles. The van der Waals surface area contributed by atoms with Crippen molar-refractivity contribution in [2.24, 2.45) is 0 Å². The molecule has 0 aliphatic heterocycles. The molecule has 0 aliphatic carbocycles. The summed E-state index contributed by atoms with van der Waals surface area (Å²) in [6.45, 7) is 1.58. The average Bonchev–Trinajstić information content (AvgIpc) is 2.24. The maximum Gasteiger partial charge on any atom is 0.190 e. The molecule has 0 saturated heterocycles. The number of hydrogen-bond acceptors (Lipinski definition) is 3. The molecule has 0 heterocycles. The Morgan fingerprint density at radius 3 is 2.31 bits per heavy atom. The van der Waals surface area contributed by atoms with Gasteiger partial charge in [-0.15, -0.1) is 0 Å². The van der Waals surface area contributed by atoms with Gasteiger partial charge in [-0.25, -0.2) is 8.78 Å². The molecule has 90 valence electrons. The highest BCUT2D eigenvalue weighted by Crippen LogP contribution is 2.22. The maximum atomic E-state index is 13.3. The second-order valence-electron chi connectivity index (χ2n) is 3.26. The van der Waals surface area contributed by atoms with Crippen LogP contribution in [0.5, 0.6) is 5.75 Å². The van der Waals surface area contributed by atoms with Gasteiger partial charge in [-0.2, -0.15) is 0 Å². The second kappa shape index (κ2) is 6.40. The fraction of sp³-hybridized carbons (Fsp3) is 0.455. The molecule has 0 radical (unpaired) electrons. The van der Waals surface area contributed by atoms with Crippen molar-refractivity contribution in [1.82, 2.24) is 5.32 Å². The Hall–Kier alpha value is -1.20. The van der Waals surface area contributed by atoms with Crippen LogP contribution in [0.4, 0.5) is 8.78 Å². The predicted octanol–water partition coefficient (Wildman–Crippen LogP) is 1.71. The van der Waals surface area contributed by atoms with Crippen LogP contribution >= 0.6 is 0 Å². The smallest absolute Gasteiger partial charge is 0.190 e. The molecule has 1 N–H and O–H groups in total. The van der Waals surface area contributed by atoms with Crippen LogP contribution < -0.4 is 10.1 Å². The number of rotatable bonds is 6. The molecule has 1 rings (SSSR count). The van der Waals surface area contributed by atoms with E-state index in [1.165, 1.54) is 19.2 Å². The number of ether oxygens (including phenoxy) is 2. The Labute approximate surface area is 93.4 Å². The van der Waals surface area contributed by atoms with Crippen molar-refractivity contribution in [2.75, 3.05) is 27.4 Å². The Morgan fingerprint density at radius 1 is 1.19 bits per heavy atom. The predicted molar refractivity (Wildman–Crippen MR) is 56.5 cm³/mol. The number of halogens is 2. The highest BCUT2D eigenvalue weighted by Gasteiger charge is 2.10. The van der Waals surface area contributed by atoms with Crippen LogP contribution in [0, 0.1) is 11.6 Å². The van der Waals surface area contributed by atoms with Crippen molar-refractivity contribution < 1.29 is 18.3 Å². The lowest BCUT2D eigenvalue weighted by molar-refractivity contribution is 0.199. The Morgan fingerprint density at radius 2 is 1.81 bits per heavy atom. The van der Waals surface area contributed by atoms with Crippen molar-refractivity contribution in [3.05, 3.63) is 29.3 Å². The van der Waals surface area contributed by atoms with Gasteiger partial charge in [-0.1, -0.05) is 0 Å². The summed E-state index contributed by atoms with van der Waals surface area (Å²) in [6, 6.07) is 2.50. The first-order valence-corrected chi connectivity index (χ1v) is 4.90. The Kier molecular flexibility index (Phi) is 5.14. The van der Waals surface area contributed by atoms with E-state index in [1.54, 1.807) is 7.11 Å². The molecule has 0 unspecified atom stereocenters. The summed E-state index contributed by atoms with van der Waals surface area (Å²) in [7, 11) is 2.83. The summed E-state index contributed by atoms with van der Waals surface area (Å²) in [4.78, 5) is 0. The quantitative estimate of drug-likeness (QED) is 0.756. The van der Waals surface area contributed by atoms with Crippen molar-refractivity contribution in [3.63, 3.8) is 0 Å². The summed E-state index contributed by atoms with van der Waals surface area (Å²) in [5, 5.41) is 3.00. The summed E-state index contributed by atoms with van der Waals surface area (Å²) in [5.41, 5.74) is 0.534. The van der Waals surface area contributed by atoms with Gasteiger partial charge in [0.2, 0.25) is 0 Å². The van der Waals surface area contributed by atoms with E-state index in [9.17, 15) is 8.78 Å². The van der Waals surface area contributed by atoms with Gasteiger partial charge in [0.05, 0.1) is 13.7 Å². The number of benzene rings is 1. The van der Waals surface area contributed by atoms with Crippen LogP contribution in [-0.4, -0.2) is 27.4 Å². The fourth-order valence-electron chi connectivity index (χ4n) is 1.32. The first-order valence-electron chi connectivity index (χ1n) is 4.90. The topological polar surface area (TPSA) is 30.5 Å². The molecule has 0 amide bonds. The standard InChI is InChI=1S/C11H15F2NO2/c1-15-4-3-14-7-8-5-9(12)11(16-2)10(13)6-8/h5-6,14H,3-4,7H2,1-2H3. The molecule has 0 fully saturated rings. The van der Waals surface area contributed by atoms with Crippen molar-refractivity contribution >= 4 is 0 Å². The van der Waals surface area contributed by atoms with Crippen LogP contribution in [0.25, 0.3) is 0 Å². The lowest BCUT2D eigenvalue weighted by atomic mass is 10.2. The molecule has 3 nitrogen and oxygen atoms in total. The largest absolute Gasteiger partial charge is 0.491 e. The first-order chi connectivity index (χ1) is 7.69. The molecule has 5 heteroatoms. The summed E-state index contributed by atoms with van der Waals surface area (Å²) in [6.07, 6.45) is 0. The minimum atomic E-state index is -0.689. The highest BCUT2D eigenvalue weighted by molar-refractivity contribution is 5.31. The van der Waals surface area contributed by atoms with E-state index in [0.717, 1.165) is 0 Å². The minimum Gasteiger partial charge on any atom is -0.491 e. The zero-order valence-electron chi connectivity index (χ0n) is 9.35. The molecular weight excluding hydrogens is 216 g/mol. The van der Waals surface area contributed by atoms with Gasteiger partial charge in [0.15, 0.2) is 17.4 Å². The van der Waals surface area contributed by atoms with Crippen LogP contribution in [0.3, 0.4) is 0 Å². The summed E-state index contributed by atoms with van der Waals surface area (Å²) in [5.74, 6) is -1.72.